The van der Waals surface area contributed by atoms with Gasteiger partial charge in [-0.2, -0.15) is 8.42 Å². The average Bonchev–Trinajstić information content (AvgIpc) is 3.18. The Morgan fingerprint density at radius 1 is 0.772 bits per heavy atom. The molecule has 2 N–H and O–H groups in total. The lowest BCUT2D eigenvalue weighted by molar-refractivity contribution is 0.0321. The Balaban J connectivity index is 0.000000286. The van der Waals surface area contributed by atoms with Crippen molar-refractivity contribution >= 4 is 59.1 Å². The van der Waals surface area contributed by atoms with Gasteiger partial charge in [0.05, 0.1) is 38.6 Å². The number of hydrogen-bond donors (Lipinski definition) is 2. The molecule has 0 aliphatic carbocycles. The second kappa shape index (κ2) is 17.9. The highest BCUT2D eigenvalue weighted by Gasteiger charge is 2.21. The Hall–Kier alpha value is -5.30. The maximum Gasteiger partial charge on any atom is 0.295 e. The molecule has 0 unspecified atom stereocenters. The standard InChI is InChI=1S/C28H26ClF2N3O6S.C11H10O4S/c1-37-26-16-20-23(17-27(26)39-13-10-34-8-11-38-12-9-34)32-7-6-24(20)40-25-4-3-19(15-21(25)30)33-41(35,36)28-5-2-18(29)14-22(28)31;1-15-10-6-7-11(16(12,13)14)9-5-3-2-4-8(9)10/h2-7,14-17,33H,8-13H2,1H3;2-7H,1H3,(H,12,13,14). The number of nitrogens with zero attached hydrogens (tertiary/aromatic N) is 2. The minimum Gasteiger partial charge on any atom is -0.496 e. The Morgan fingerprint density at radius 2 is 1.47 bits per heavy atom. The van der Waals surface area contributed by atoms with Crippen LogP contribution in [0.4, 0.5) is 14.5 Å². The van der Waals surface area contributed by atoms with Crippen LogP contribution in [0.5, 0.6) is 28.7 Å². The molecule has 57 heavy (non-hydrogen) atoms. The number of fused-ring (bicyclic) bond motifs is 2. The summed E-state index contributed by atoms with van der Waals surface area (Å²) in [5, 5.41) is 1.69. The van der Waals surface area contributed by atoms with Crippen LogP contribution in [0.3, 0.4) is 0 Å². The van der Waals surface area contributed by atoms with Crippen molar-refractivity contribution in [2.45, 2.75) is 9.79 Å². The fourth-order valence-corrected chi connectivity index (χ4v) is 7.88. The molecule has 7 rings (SSSR count). The van der Waals surface area contributed by atoms with Crippen molar-refractivity contribution in [3.05, 3.63) is 114 Å². The number of methoxy groups -OCH3 is 2. The lowest BCUT2D eigenvalue weighted by atomic mass is 10.1. The van der Waals surface area contributed by atoms with Gasteiger partial charge in [-0.3, -0.25) is 19.2 Å². The molecule has 0 saturated carbocycles. The van der Waals surface area contributed by atoms with Gasteiger partial charge in [0.1, 0.15) is 33.7 Å². The molecule has 1 aliphatic heterocycles. The third kappa shape index (κ3) is 9.99. The number of halogens is 3. The average molecular weight is 844 g/mol. The maximum atomic E-state index is 15.0. The first kappa shape index (κ1) is 41.3. The second-order valence-corrected chi connectivity index (χ2v) is 15.8. The molecule has 18 heteroatoms. The zero-order valence-electron chi connectivity index (χ0n) is 30.4. The summed E-state index contributed by atoms with van der Waals surface area (Å²) in [4.78, 5) is 5.91. The van der Waals surface area contributed by atoms with Gasteiger partial charge in [0.15, 0.2) is 23.1 Å². The number of nitrogens with one attached hydrogen (secondary N) is 1. The van der Waals surface area contributed by atoms with Crippen molar-refractivity contribution in [1.82, 2.24) is 9.88 Å². The number of anilines is 1. The third-order valence-corrected chi connectivity index (χ3v) is 11.2. The molecule has 0 atom stereocenters. The summed E-state index contributed by atoms with van der Waals surface area (Å²) in [6, 6.07) is 21.3. The van der Waals surface area contributed by atoms with Crippen LogP contribution in [-0.2, 0) is 24.9 Å². The maximum absolute atomic E-state index is 15.0. The molecule has 6 aromatic rings. The number of hydrogen-bond acceptors (Lipinski definition) is 11. The molecule has 0 amide bonds. The van der Waals surface area contributed by atoms with E-state index in [-0.39, 0.29) is 21.4 Å². The Labute approximate surface area is 332 Å². The van der Waals surface area contributed by atoms with Crippen LogP contribution < -0.4 is 23.7 Å². The lowest BCUT2D eigenvalue weighted by Crippen LogP contribution is -2.38. The second-order valence-electron chi connectivity index (χ2n) is 12.3. The van der Waals surface area contributed by atoms with E-state index in [1.807, 2.05) is 0 Å². The van der Waals surface area contributed by atoms with Crippen LogP contribution in [0.15, 0.2) is 107 Å². The fourth-order valence-electron chi connectivity index (χ4n) is 5.91. The van der Waals surface area contributed by atoms with E-state index in [4.69, 9.17) is 39.8 Å². The summed E-state index contributed by atoms with van der Waals surface area (Å²) < 4.78 is 116. The number of sulfonamides is 1. The van der Waals surface area contributed by atoms with Gasteiger partial charge in [-0.1, -0.05) is 35.9 Å². The summed E-state index contributed by atoms with van der Waals surface area (Å²) in [6.07, 6.45) is 1.52. The summed E-state index contributed by atoms with van der Waals surface area (Å²) in [5.74, 6) is -0.206. The molecule has 1 saturated heterocycles. The van der Waals surface area contributed by atoms with Gasteiger partial charge in [0, 0.05) is 59.1 Å². The number of morpholine rings is 1. The van der Waals surface area contributed by atoms with Crippen LogP contribution in [0.25, 0.3) is 21.7 Å². The van der Waals surface area contributed by atoms with E-state index in [1.165, 1.54) is 50.7 Å². The molecular formula is C39H36ClF2N3O10S2. The minimum absolute atomic E-state index is 0.0442. The minimum atomic E-state index is -4.34. The van der Waals surface area contributed by atoms with Gasteiger partial charge in [-0.05, 0) is 54.6 Å². The van der Waals surface area contributed by atoms with E-state index in [0.717, 1.165) is 37.8 Å². The van der Waals surface area contributed by atoms with Crippen molar-refractivity contribution in [1.29, 1.82) is 0 Å². The molecule has 300 valence electrons. The lowest BCUT2D eigenvalue weighted by Gasteiger charge is -2.26. The summed E-state index contributed by atoms with van der Waals surface area (Å²) >= 11 is 5.70. The Kier molecular flexibility index (Phi) is 13.0. The number of pyridine rings is 1. The van der Waals surface area contributed by atoms with Crippen molar-refractivity contribution in [3.8, 4) is 28.7 Å². The molecule has 0 bridgehead atoms. The first-order chi connectivity index (χ1) is 27.3. The van der Waals surface area contributed by atoms with Gasteiger partial charge in [0.2, 0.25) is 0 Å². The zero-order chi connectivity index (χ0) is 40.7. The van der Waals surface area contributed by atoms with Gasteiger partial charge in [0.25, 0.3) is 20.1 Å². The molecule has 1 aromatic heterocycles. The first-order valence-electron chi connectivity index (χ1n) is 17.2. The van der Waals surface area contributed by atoms with Crippen molar-refractivity contribution in [2.24, 2.45) is 0 Å². The molecule has 2 heterocycles. The highest BCUT2D eigenvalue weighted by molar-refractivity contribution is 7.92. The SMILES string of the molecule is COc1cc2c(Oc3ccc(NS(=O)(=O)c4ccc(Cl)cc4F)cc3F)ccnc2cc1OCCN1CCOCC1.COc1ccc(S(=O)(=O)O)c2ccccc12. The smallest absolute Gasteiger partial charge is 0.295 e. The van der Waals surface area contributed by atoms with Crippen LogP contribution in [0, 0.1) is 11.6 Å². The highest BCUT2D eigenvalue weighted by Crippen LogP contribution is 2.38. The molecule has 0 spiro atoms. The predicted octanol–water partition coefficient (Wildman–Crippen LogP) is 7.57. The summed E-state index contributed by atoms with van der Waals surface area (Å²) in [7, 11) is -5.52. The largest absolute Gasteiger partial charge is 0.496 e. The number of benzene rings is 5. The van der Waals surface area contributed by atoms with Crippen molar-refractivity contribution in [2.75, 3.05) is 58.4 Å². The molecule has 13 nitrogen and oxygen atoms in total. The van der Waals surface area contributed by atoms with E-state index < -0.39 is 36.7 Å². The molecular weight excluding hydrogens is 808 g/mol. The zero-order valence-corrected chi connectivity index (χ0v) is 32.8. The molecule has 5 aromatic carbocycles. The predicted molar refractivity (Wildman–Crippen MR) is 210 cm³/mol. The van der Waals surface area contributed by atoms with Gasteiger partial charge in [-0.15, -0.1) is 0 Å². The van der Waals surface area contributed by atoms with Crippen LogP contribution in [0.2, 0.25) is 5.02 Å². The normalized spacial score (nSPS) is 13.4. The monoisotopic (exact) mass is 843 g/mol. The molecule has 1 aliphatic rings. The van der Waals surface area contributed by atoms with Crippen molar-refractivity contribution < 1.29 is 53.9 Å². The van der Waals surface area contributed by atoms with Crippen LogP contribution in [-0.4, -0.2) is 84.9 Å². The van der Waals surface area contributed by atoms with Gasteiger partial charge < -0.3 is 23.7 Å². The molecule has 1 fully saturated rings. The van der Waals surface area contributed by atoms with E-state index in [9.17, 15) is 21.2 Å². The Bertz CT molecular complexity index is 2630. The van der Waals surface area contributed by atoms with E-state index in [2.05, 4.69) is 14.6 Å². The van der Waals surface area contributed by atoms with E-state index in [1.54, 1.807) is 42.5 Å². The number of rotatable bonds is 12. The third-order valence-electron chi connectivity index (χ3n) is 8.69. The molecule has 0 radical (unpaired) electrons. The highest BCUT2D eigenvalue weighted by atomic mass is 35.5. The Morgan fingerprint density at radius 3 is 2.16 bits per heavy atom. The van der Waals surface area contributed by atoms with Crippen LogP contribution in [0.1, 0.15) is 0 Å². The van der Waals surface area contributed by atoms with Crippen LogP contribution >= 0.6 is 11.6 Å². The number of aromatic nitrogens is 1. The topological polar surface area (TPSA) is 163 Å². The van der Waals surface area contributed by atoms with Gasteiger partial charge in [-0.25, -0.2) is 17.2 Å². The summed E-state index contributed by atoms with van der Waals surface area (Å²) in [6.45, 7) is 4.30. The van der Waals surface area contributed by atoms with E-state index in [0.29, 0.717) is 64.5 Å². The van der Waals surface area contributed by atoms with Crippen molar-refractivity contribution in [3.63, 3.8) is 0 Å². The number of ether oxygens (including phenoxy) is 5. The van der Waals surface area contributed by atoms with E-state index >= 15 is 4.39 Å². The quantitative estimate of drug-likeness (QED) is 0.116. The van der Waals surface area contributed by atoms with Gasteiger partial charge >= 0.3 is 0 Å². The first-order valence-corrected chi connectivity index (χ1v) is 20.5. The fraction of sp³-hybridized carbons (Fsp3) is 0.205. The summed E-state index contributed by atoms with van der Waals surface area (Å²) in [5.41, 5.74) is 0.420.